The molecule has 3 rings (SSSR count). The molecule has 3 fully saturated rings. The third kappa shape index (κ3) is 7.01. The molecule has 0 aromatic carbocycles. The molecule has 33 heavy (non-hydrogen) atoms. The minimum Gasteiger partial charge on any atom is -0.453 e. The summed E-state index contributed by atoms with van der Waals surface area (Å²) in [6, 6.07) is -0.967. The third-order valence-electron chi connectivity index (χ3n) is 7.46. The molecule has 0 spiro atoms. The fraction of sp³-hybridized carbons (Fsp3) is 0.875. The van der Waals surface area contributed by atoms with E-state index in [4.69, 9.17) is 10.5 Å². The van der Waals surface area contributed by atoms with Crippen molar-refractivity contribution >= 4 is 29.7 Å². The molecular weight excluding hydrogens is 440 g/mol. The van der Waals surface area contributed by atoms with Gasteiger partial charge in [0.25, 0.3) is 0 Å². The molecule has 1 aliphatic heterocycles. The SMILES string of the molecule is COC(=O)N[C@@H](C(=O)N1CCC[C@H]1C(=O)NC[C@H]1CC[C@H](N)CC1)C(C)(C)SC1CCCC1. The van der Waals surface area contributed by atoms with Gasteiger partial charge in [0.05, 0.1) is 7.11 Å². The van der Waals surface area contributed by atoms with Gasteiger partial charge in [-0.3, -0.25) is 9.59 Å². The first-order valence-electron chi connectivity index (χ1n) is 12.6. The molecule has 2 atom stereocenters. The van der Waals surface area contributed by atoms with Crippen LogP contribution >= 0.6 is 11.8 Å². The van der Waals surface area contributed by atoms with Gasteiger partial charge in [-0.1, -0.05) is 12.8 Å². The van der Waals surface area contributed by atoms with Gasteiger partial charge in [-0.2, -0.15) is 0 Å². The highest BCUT2D eigenvalue weighted by Gasteiger charge is 2.45. The van der Waals surface area contributed by atoms with Crippen LogP contribution in [0.3, 0.4) is 0 Å². The number of carbonyl (C=O) groups excluding carboxylic acids is 3. The number of hydrogen-bond acceptors (Lipinski definition) is 6. The molecule has 4 N–H and O–H groups in total. The Labute approximate surface area is 202 Å². The topological polar surface area (TPSA) is 114 Å². The predicted octanol–water partition coefficient (Wildman–Crippen LogP) is 2.79. The molecule has 2 aliphatic carbocycles. The molecule has 9 heteroatoms. The van der Waals surface area contributed by atoms with Crippen LogP contribution in [0.2, 0.25) is 0 Å². The zero-order valence-electron chi connectivity index (χ0n) is 20.4. The van der Waals surface area contributed by atoms with E-state index in [9.17, 15) is 14.4 Å². The number of rotatable bonds is 8. The van der Waals surface area contributed by atoms with E-state index >= 15 is 0 Å². The molecular formula is C24H42N4O4S. The highest BCUT2D eigenvalue weighted by atomic mass is 32.2. The Kier molecular flexibility index (Phi) is 9.33. The summed E-state index contributed by atoms with van der Waals surface area (Å²) < 4.78 is 4.30. The molecule has 0 unspecified atom stereocenters. The van der Waals surface area contributed by atoms with Gasteiger partial charge in [0.15, 0.2) is 0 Å². The van der Waals surface area contributed by atoms with Crippen molar-refractivity contribution < 1.29 is 19.1 Å². The average Bonchev–Trinajstić information content (AvgIpc) is 3.48. The second kappa shape index (κ2) is 11.8. The van der Waals surface area contributed by atoms with Crippen LogP contribution in [0.5, 0.6) is 0 Å². The Hall–Kier alpha value is -1.48. The first-order valence-corrected chi connectivity index (χ1v) is 13.4. The van der Waals surface area contributed by atoms with Gasteiger partial charge in [0.1, 0.15) is 12.1 Å². The van der Waals surface area contributed by atoms with Crippen LogP contribution < -0.4 is 16.4 Å². The Balaban J connectivity index is 1.65. The standard InChI is InChI=1S/C24H42N4O4S/c1-24(2,33-18-7-4-5-8-18)20(27-23(31)32-3)22(30)28-14-6-9-19(28)21(29)26-15-16-10-12-17(25)13-11-16/h16-20H,4-15,25H2,1-3H3,(H,26,29)(H,27,31)/t16-,17-,19-,20-/m0/s1. The number of amides is 3. The lowest BCUT2D eigenvalue weighted by Gasteiger charge is -2.38. The summed E-state index contributed by atoms with van der Waals surface area (Å²) in [4.78, 5) is 40.6. The fourth-order valence-corrected chi connectivity index (χ4v) is 7.16. The summed E-state index contributed by atoms with van der Waals surface area (Å²) in [6.45, 7) is 5.18. The van der Waals surface area contributed by atoms with Crippen molar-refractivity contribution in [2.45, 2.75) is 106 Å². The number of nitrogens with zero attached hydrogens (tertiary/aromatic N) is 1. The number of likely N-dealkylation sites (tertiary alicyclic amines) is 1. The Bertz CT molecular complexity index is 690. The Morgan fingerprint density at radius 3 is 2.36 bits per heavy atom. The zero-order chi connectivity index (χ0) is 24.0. The van der Waals surface area contributed by atoms with Crippen LogP contribution in [0.25, 0.3) is 0 Å². The molecule has 8 nitrogen and oxygen atoms in total. The number of nitrogens with two attached hydrogens (primary N) is 1. The van der Waals surface area contributed by atoms with Crippen molar-refractivity contribution in [3.63, 3.8) is 0 Å². The molecule has 1 heterocycles. The summed E-state index contributed by atoms with van der Waals surface area (Å²) >= 11 is 1.77. The van der Waals surface area contributed by atoms with Gasteiger partial charge in [-0.05, 0) is 71.1 Å². The van der Waals surface area contributed by atoms with Crippen LogP contribution in [-0.2, 0) is 14.3 Å². The predicted molar refractivity (Wildman–Crippen MR) is 131 cm³/mol. The van der Waals surface area contributed by atoms with Crippen molar-refractivity contribution in [2.75, 3.05) is 20.2 Å². The molecule has 2 saturated carbocycles. The zero-order valence-corrected chi connectivity index (χ0v) is 21.3. The summed E-state index contributed by atoms with van der Waals surface area (Å²) in [7, 11) is 1.30. The highest BCUT2D eigenvalue weighted by Crippen LogP contribution is 2.40. The Morgan fingerprint density at radius 2 is 1.73 bits per heavy atom. The number of carbonyl (C=O) groups is 3. The maximum atomic E-state index is 13.7. The number of thioether (sulfide) groups is 1. The van der Waals surface area contributed by atoms with Crippen molar-refractivity contribution in [1.82, 2.24) is 15.5 Å². The quantitative estimate of drug-likeness (QED) is 0.490. The minimum atomic E-state index is -0.760. The molecule has 0 aromatic rings. The average molecular weight is 483 g/mol. The van der Waals surface area contributed by atoms with E-state index in [0.717, 1.165) is 44.9 Å². The number of alkyl carbamates (subject to hydrolysis) is 1. The van der Waals surface area contributed by atoms with E-state index in [1.807, 2.05) is 13.8 Å². The monoisotopic (exact) mass is 482 g/mol. The smallest absolute Gasteiger partial charge is 0.407 e. The maximum absolute atomic E-state index is 13.7. The van der Waals surface area contributed by atoms with Crippen molar-refractivity contribution in [3.05, 3.63) is 0 Å². The maximum Gasteiger partial charge on any atom is 0.407 e. The van der Waals surface area contributed by atoms with Gasteiger partial charge in [0, 0.05) is 29.1 Å². The van der Waals surface area contributed by atoms with Crippen LogP contribution in [0.15, 0.2) is 0 Å². The number of nitrogens with one attached hydrogen (secondary N) is 2. The van der Waals surface area contributed by atoms with Gasteiger partial charge in [0.2, 0.25) is 11.8 Å². The van der Waals surface area contributed by atoms with Gasteiger partial charge >= 0.3 is 6.09 Å². The Morgan fingerprint density at radius 1 is 1.06 bits per heavy atom. The van der Waals surface area contributed by atoms with E-state index in [2.05, 4.69) is 10.6 Å². The fourth-order valence-electron chi connectivity index (χ4n) is 5.44. The summed E-state index contributed by atoms with van der Waals surface area (Å²) in [5.41, 5.74) is 5.99. The number of hydrogen-bond donors (Lipinski definition) is 3. The molecule has 3 aliphatic rings. The van der Waals surface area contributed by atoms with Gasteiger partial charge < -0.3 is 26.0 Å². The van der Waals surface area contributed by atoms with E-state index in [0.29, 0.717) is 30.7 Å². The summed E-state index contributed by atoms with van der Waals surface area (Å²) in [6.07, 6.45) is 9.56. The number of methoxy groups -OCH3 is 1. The van der Waals surface area contributed by atoms with Crippen molar-refractivity contribution in [3.8, 4) is 0 Å². The van der Waals surface area contributed by atoms with Gasteiger partial charge in [-0.25, -0.2) is 4.79 Å². The summed E-state index contributed by atoms with van der Waals surface area (Å²) in [5, 5.41) is 6.36. The molecule has 0 radical (unpaired) electrons. The van der Waals surface area contributed by atoms with Crippen LogP contribution in [0.4, 0.5) is 4.79 Å². The second-order valence-electron chi connectivity index (χ2n) is 10.4. The largest absolute Gasteiger partial charge is 0.453 e. The van der Waals surface area contributed by atoms with Crippen LogP contribution in [0, 0.1) is 5.92 Å². The van der Waals surface area contributed by atoms with Crippen molar-refractivity contribution in [1.29, 1.82) is 0 Å². The number of ether oxygens (including phenoxy) is 1. The van der Waals surface area contributed by atoms with E-state index in [1.165, 1.54) is 20.0 Å². The van der Waals surface area contributed by atoms with Crippen LogP contribution in [0.1, 0.15) is 78.1 Å². The minimum absolute atomic E-state index is 0.0891. The normalized spacial score (nSPS) is 27.3. The molecule has 0 aromatic heterocycles. The molecule has 188 valence electrons. The van der Waals surface area contributed by atoms with E-state index in [1.54, 1.807) is 16.7 Å². The van der Waals surface area contributed by atoms with E-state index < -0.39 is 22.9 Å². The van der Waals surface area contributed by atoms with Crippen molar-refractivity contribution in [2.24, 2.45) is 11.7 Å². The van der Waals surface area contributed by atoms with Crippen LogP contribution in [-0.4, -0.2) is 71.1 Å². The molecule has 1 saturated heterocycles. The summed E-state index contributed by atoms with van der Waals surface area (Å²) in [5.74, 6) is 0.167. The molecule has 0 bridgehead atoms. The first kappa shape index (κ1) is 26.1. The van der Waals surface area contributed by atoms with E-state index in [-0.39, 0.29) is 17.9 Å². The first-order chi connectivity index (χ1) is 15.7. The van der Waals surface area contributed by atoms with Gasteiger partial charge in [-0.15, -0.1) is 11.8 Å². The lowest BCUT2D eigenvalue weighted by Crippen LogP contribution is -2.60. The third-order valence-corrected chi connectivity index (χ3v) is 9.11. The lowest BCUT2D eigenvalue weighted by atomic mass is 9.86. The molecule has 3 amide bonds. The lowest BCUT2D eigenvalue weighted by molar-refractivity contribution is -0.140. The second-order valence-corrected chi connectivity index (χ2v) is 12.4. The highest BCUT2D eigenvalue weighted by molar-refractivity contribution is 8.01.